The molecule has 0 aliphatic carbocycles. The molecule has 1 aromatic heterocycles. The molecule has 3 amide bonds. The lowest BCUT2D eigenvalue weighted by Crippen LogP contribution is -2.36. The van der Waals surface area contributed by atoms with Gasteiger partial charge in [-0.05, 0) is 45.7 Å². The predicted octanol–water partition coefficient (Wildman–Crippen LogP) is 4.21. The first-order valence-corrected chi connectivity index (χ1v) is 11.6. The second-order valence-electron chi connectivity index (χ2n) is 8.65. The van der Waals surface area contributed by atoms with Gasteiger partial charge in [-0.1, -0.05) is 18.2 Å². The Morgan fingerprint density at radius 1 is 1.28 bits per heavy atom. The van der Waals surface area contributed by atoms with E-state index in [2.05, 4.69) is 10.3 Å². The van der Waals surface area contributed by atoms with Gasteiger partial charge in [-0.15, -0.1) is 11.3 Å². The molecule has 0 bridgehead atoms. The van der Waals surface area contributed by atoms with Gasteiger partial charge in [0.2, 0.25) is 11.8 Å². The molecular formula is C23H30N4O4S. The summed E-state index contributed by atoms with van der Waals surface area (Å²) in [5.41, 5.74) is 1.51. The number of aromatic nitrogens is 1. The van der Waals surface area contributed by atoms with Crippen LogP contribution in [0, 0.1) is 0 Å². The molecule has 3 rings (SSSR count). The van der Waals surface area contributed by atoms with Crippen LogP contribution in [0.25, 0.3) is 0 Å². The molecule has 9 heteroatoms. The van der Waals surface area contributed by atoms with Crippen molar-refractivity contribution in [3.63, 3.8) is 0 Å². The lowest BCUT2D eigenvalue weighted by Gasteiger charge is -2.27. The Kier molecular flexibility index (Phi) is 7.50. The Morgan fingerprint density at radius 3 is 2.69 bits per heavy atom. The van der Waals surface area contributed by atoms with Crippen LogP contribution in [-0.2, 0) is 27.3 Å². The van der Waals surface area contributed by atoms with E-state index in [1.54, 1.807) is 9.80 Å². The molecule has 1 fully saturated rings. The van der Waals surface area contributed by atoms with Gasteiger partial charge in [0.15, 0.2) is 5.13 Å². The molecule has 0 atom stereocenters. The van der Waals surface area contributed by atoms with Crippen molar-refractivity contribution >= 4 is 40.1 Å². The number of hydrogen-bond acceptors (Lipinski definition) is 6. The van der Waals surface area contributed by atoms with Crippen LogP contribution in [0.4, 0.5) is 15.6 Å². The van der Waals surface area contributed by atoms with E-state index in [1.807, 2.05) is 57.3 Å². The Hall–Kier alpha value is -2.94. The zero-order valence-corrected chi connectivity index (χ0v) is 19.8. The van der Waals surface area contributed by atoms with E-state index in [-0.39, 0.29) is 18.2 Å². The molecule has 32 heavy (non-hydrogen) atoms. The molecule has 2 aromatic rings. The van der Waals surface area contributed by atoms with E-state index in [9.17, 15) is 14.4 Å². The van der Waals surface area contributed by atoms with Gasteiger partial charge in [-0.3, -0.25) is 14.5 Å². The smallest absolute Gasteiger partial charge is 0.410 e. The number of rotatable bonds is 7. The fourth-order valence-electron chi connectivity index (χ4n) is 3.33. The Bertz CT molecular complexity index is 982. The molecule has 8 nitrogen and oxygen atoms in total. The largest absolute Gasteiger partial charge is 0.444 e. The molecule has 1 aliphatic heterocycles. The van der Waals surface area contributed by atoms with Crippen LogP contribution in [0.5, 0.6) is 0 Å². The first-order chi connectivity index (χ1) is 15.2. The summed E-state index contributed by atoms with van der Waals surface area (Å²) in [6.45, 7) is 8.85. The number of carbonyl (C=O) groups is 3. The standard InChI is InChI=1S/C23H30N4O4S/c1-5-26(22(30)31-23(2,3)4)14-16-9-6-7-10-18(16)25-19(28)13-17-15-32-21(24-17)27-12-8-11-20(27)29/h6-7,9-10,15H,5,8,11-14H2,1-4H3,(H,25,28). The Balaban J connectivity index is 1.64. The molecule has 1 aliphatic rings. The van der Waals surface area contributed by atoms with E-state index in [0.717, 1.165) is 12.0 Å². The summed E-state index contributed by atoms with van der Waals surface area (Å²) in [5.74, 6) is -0.128. The van der Waals surface area contributed by atoms with Crippen LogP contribution in [0.2, 0.25) is 0 Å². The first-order valence-electron chi connectivity index (χ1n) is 10.8. The quantitative estimate of drug-likeness (QED) is 0.671. The van der Waals surface area contributed by atoms with Crippen LogP contribution >= 0.6 is 11.3 Å². The minimum atomic E-state index is -0.579. The van der Waals surface area contributed by atoms with Gasteiger partial charge in [0.1, 0.15) is 5.60 Å². The first kappa shape index (κ1) is 23.7. The number of hydrogen-bond donors (Lipinski definition) is 1. The highest BCUT2D eigenvalue weighted by Crippen LogP contribution is 2.26. The lowest BCUT2D eigenvalue weighted by atomic mass is 10.1. The Labute approximate surface area is 192 Å². The van der Waals surface area contributed by atoms with Gasteiger partial charge >= 0.3 is 6.09 Å². The van der Waals surface area contributed by atoms with Gasteiger partial charge in [0, 0.05) is 30.6 Å². The fraction of sp³-hybridized carbons (Fsp3) is 0.478. The van der Waals surface area contributed by atoms with Crippen LogP contribution in [0.1, 0.15) is 51.8 Å². The molecule has 1 saturated heterocycles. The number of nitrogens with zero attached hydrogens (tertiary/aromatic N) is 3. The maximum Gasteiger partial charge on any atom is 0.410 e. The average molecular weight is 459 g/mol. The number of ether oxygens (including phenoxy) is 1. The topological polar surface area (TPSA) is 91.8 Å². The molecule has 1 N–H and O–H groups in total. The van der Waals surface area contributed by atoms with Crippen molar-refractivity contribution in [1.82, 2.24) is 9.88 Å². The maximum absolute atomic E-state index is 12.7. The fourth-order valence-corrected chi connectivity index (χ4v) is 4.20. The van der Waals surface area contributed by atoms with Crippen LogP contribution in [0.15, 0.2) is 29.6 Å². The number of nitrogens with one attached hydrogen (secondary N) is 1. The number of thiazole rings is 1. The van der Waals surface area contributed by atoms with Crippen LogP contribution in [-0.4, -0.2) is 46.5 Å². The molecule has 0 unspecified atom stereocenters. The SMILES string of the molecule is CCN(Cc1ccccc1NC(=O)Cc1csc(N2CCCC2=O)n1)C(=O)OC(C)(C)C. The normalized spacial score (nSPS) is 13.9. The third-order valence-electron chi connectivity index (χ3n) is 4.87. The molecule has 0 radical (unpaired) electrons. The summed E-state index contributed by atoms with van der Waals surface area (Å²) >= 11 is 1.38. The van der Waals surface area contributed by atoms with Crippen molar-refractivity contribution < 1.29 is 19.1 Å². The minimum Gasteiger partial charge on any atom is -0.444 e. The van der Waals surface area contributed by atoms with Crippen molar-refractivity contribution in [3.05, 3.63) is 40.9 Å². The van der Waals surface area contributed by atoms with Crippen LogP contribution in [0.3, 0.4) is 0 Å². The van der Waals surface area contributed by atoms with E-state index in [1.165, 1.54) is 11.3 Å². The number of para-hydroxylation sites is 1. The van der Waals surface area contributed by atoms with Gasteiger partial charge in [0.05, 0.1) is 18.7 Å². The predicted molar refractivity (Wildman–Crippen MR) is 125 cm³/mol. The van der Waals surface area contributed by atoms with Gasteiger partial charge in [-0.25, -0.2) is 9.78 Å². The highest BCUT2D eigenvalue weighted by molar-refractivity contribution is 7.14. The van der Waals surface area contributed by atoms with Crippen molar-refractivity contribution in [3.8, 4) is 0 Å². The second kappa shape index (κ2) is 10.1. The number of amides is 3. The molecule has 1 aromatic carbocycles. The van der Waals surface area contributed by atoms with Crippen molar-refractivity contribution in [2.24, 2.45) is 0 Å². The summed E-state index contributed by atoms with van der Waals surface area (Å²) < 4.78 is 5.48. The summed E-state index contributed by atoms with van der Waals surface area (Å²) in [7, 11) is 0. The molecule has 0 saturated carbocycles. The van der Waals surface area contributed by atoms with Gasteiger partial charge in [-0.2, -0.15) is 0 Å². The third kappa shape index (κ3) is 6.29. The summed E-state index contributed by atoms with van der Waals surface area (Å²) in [5, 5.41) is 5.39. The van der Waals surface area contributed by atoms with E-state index in [4.69, 9.17) is 4.74 Å². The van der Waals surface area contributed by atoms with E-state index < -0.39 is 11.7 Å². The zero-order valence-electron chi connectivity index (χ0n) is 19.0. The number of carbonyl (C=O) groups excluding carboxylic acids is 3. The summed E-state index contributed by atoms with van der Waals surface area (Å²) in [6.07, 6.45) is 1.09. The van der Waals surface area contributed by atoms with Crippen LogP contribution < -0.4 is 10.2 Å². The highest BCUT2D eigenvalue weighted by atomic mass is 32.1. The summed E-state index contributed by atoms with van der Waals surface area (Å²) in [4.78, 5) is 44.8. The lowest BCUT2D eigenvalue weighted by molar-refractivity contribution is -0.117. The third-order valence-corrected chi connectivity index (χ3v) is 5.78. The Morgan fingerprint density at radius 2 is 2.03 bits per heavy atom. The van der Waals surface area contributed by atoms with Crippen molar-refractivity contribution in [2.45, 2.75) is 59.1 Å². The van der Waals surface area contributed by atoms with E-state index >= 15 is 0 Å². The van der Waals surface area contributed by atoms with Gasteiger partial charge in [0.25, 0.3) is 0 Å². The monoisotopic (exact) mass is 458 g/mol. The summed E-state index contributed by atoms with van der Waals surface area (Å²) in [6, 6.07) is 7.39. The van der Waals surface area contributed by atoms with Crippen molar-refractivity contribution in [2.75, 3.05) is 23.3 Å². The molecule has 172 valence electrons. The maximum atomic E-state index is 12.7. The minimum absolute atomic E-state index is 0.0785. The molecule has 2 heterocycles. The second-order valence-corrected chi connectivity index (χ2v) is 9.48. The molecular weight excluding hydrogens is 428 g/mol. The average Bonchev–Trinajstić information content (AvgIpc) is 3.34. The van der Waals surface area contributed by atoms with Gasteiger partial charge < -0.3 is 15.0 Å². The number of benzene rings is 1. The highest BCUT2D eigenvalue weighted by Gasteiger charge is 2.25. The zero-order chi connectivity index (χ0) is 23.3. The molecule has 0 spiro atoms. The van der Waals surface area contributed by atoms with E-state index in [0.29, 0.717) is 42.6 Å². The number of anilines is 2. The van der Waals surface area contributed by atoms with Crippen molar-refractivity contribution in [1.29, 1.82) is 0 Å².